The molecule has 0 spiro atoms. The van der Waals surface area contributed by atoms with Crippen molar-refractivity contribution < 1.29 is 27.6 Å². The Kier molecular flexibility index (Phi) is 8.31. The van der Waals surface area contributed by atoms with Gasteiger partial charge in [0.05, 0.1) is 22.2 Å². The van der Waals surface area contributed by atoms with Crippen LogP contribution >= 0.6 is 58.0 Å². The Balaban J connectivity index is 1.57. The largest absolute Gasteiger partial charge is 0.326 e. The minimum absolute atomic E-state index is 0.176. The van der Waals surface area contributed by atoms with Crippen LogP contribution in [-0.2, 0) is 9.59 Å². The second kappa shape index (κ2) is 11.1. The van der Waals surface area contributed by atoms with Crippen molar-refractivity contribution in [2.45, 2.75) is 17.2 Å². The number of hydrogen-bond acceptors (Lipinski definition) is 3. The molecule has 204 valence electrons. The number of alkyl halides is 2. The molecule has 4 rings (SSSR count). The average molecular weight is 640 g/mol. The Bertz CT molecular complexity index is 1520. The fraction of sp³-hybridized carbons (Fsp3) is 0.160. The first-order valence-corrected chi connectivity index (χ1v) is 12.8. The topological polar surface area (TPSA) is 87.3 Å². The predicted molar refractivity (Wildman–Crippen MR) is 146 cm³/mol. The molecule has 2 atom stereocenters. The lowest BCUT2D eigenvalue weighted by atomic mass is 10.1. The second-order valence-corrected chi connectivity index (χ2v) is 11.3. The third-order valence-electron chi connectivity index (χ3n) is 5.76. The maximum atomic E-state index is 14.7. The maximum absolute atomic E-state index is 14.7. The molecule has 3 amide bonds. The van der Waals surface area contributed by atoms with Crippen LogP contribution in [0.5, 0.6) is 0 Å². The molecule has 1 aliphatic rings. The molecule has 6 nitrogen and oxygen atoms in total. The van der Waals surface area contributed by atoms with E-state index in [0.29, 0.717) is 15.6 Å². The van der Waals surface area contributed by atoms with E-state index in [2.05, 4.69) is 10.6 Å². The highest BCUT2D eigenvalue weighted by Gasteiger charge is 2.67. The zero-order valence-electron chi connectivity index (χ0n) is 19.4. The van der Waals surface area contributed by atoms with E-state index in [-0.39, 0.29) is 5.69 Å². The van der Waals surface area contributed by atoms with Crippen LogP contribution in [0.2, 0.25) is 15.1 Å². The quantitative estimate of drug-likeness (QED) is 0.241. The van der Waals surface area contributed by atoms with Gasteiger partial charge in [-0.15, -0.1) is 23.2 Å². The number of amides is 3. The first-order chi connectivity index (χ1) is 18.2. The van der Waals surface area contributed by atoms with Gasteiger partial charge in [-0.2, -0.15) is 0 Å². The summed E-state index contributed by atoms with van der Waals surface area (Å²) in [5.41, 5.74) is -1.45. The average Bonchev–Trinajstić information content (AvgIpc) is 3.42. The molecular formula is C25H15Cl5F3N3O3. The molecule has 1 fully saturated rings. The van der Waals surface area contributed by atoms with E-state index in [1.807, 2.05) is 5.32 Å². The highest BCUT2D eigenvalue weighted by molar-refractivity contribution is 6.53. The zero-order valence-corrected chi connectivity index (χ0v) is 23.2. The van der Waals surface area contributed by atoms with Crippen LogP contribution in [0.4, 0.5) is 30.2 Å². The number of nitrogens with one attached hydrogen (secondary N) is 3. The number of hydrogen-bond donors (Lipinski definition) is 3. The summed E-state index contributed by atoms with van der Waals surface area (Å²) in [6.07, 6.45) is 0. The van der Waals surface area contributed by atoms with E-state index in [0.717, 1.165) is 31.2 Å². The minimum Gasteiger partial charge on any atom is -0.326 e. The van der Waals surface area contributed by atoms with Crippen molar-refractivity contribution >= 4 is 92.8 Å². The van der Waals surface area contributed by atoms with Crippen LogP contribution in [0.15, 0.2) is 42.5 Å². The molecule has 1 aliphatic carbocycles. The molecule has 0 aliphatic heterocycles. The van der Waals surface area contributed by atoms with E-state index >= 15 is 0 Å². The summed E-state index contributed by atoms with van der Waals surface area (Å²) in [6, 6.07) is 8.24. The molecule has 3 aromatic rings. The van der Waals surface area contributed by atoms with E-state index in [1.54, 1.807) is 12.1 Å². The van der Waals surface area contributed by atoms with Gasteiger partial charge in [-0.3, -0.25) is 14.4 Å². The third kappa shape index (κ3) is 6.07. The van der Waals surface area contributed by atoms with Gasteiger partial charge in [-0.25, -0.2) is 13.2 Å². The van der Waals surface area contributed by atoms with Gasteiger partial charge in [-0.1, -0.05) is 34.8 Å². The van der Waals surface area contributed by atoms with Crippen molar-refractivity contribution in [3.8, 4) is 0 Å². The molecule has 0 saturated heterocycles. The number of anilines is 3. The van der Waals surface area contributed by atoms with Gasteiger partial charge in [-0.05, 0) is 48.0 Å². The lowest BCUT2D eigenvalue weighted by Crippen LogP contribution is -2.19. The molecule has 0 heterocycles. The number of benzene rings is 3. The number of carbonyl (C=O) groups excluding carboxylic acids is 3. The van der Waals surface area contributed by atoms with E-state index in [1.165, 1.54) is 6.07 Å². The summed E-state index contributed by atoms with van der Waals surface area (Å²) in [4.78, 5) is 37.1. The van der Waals surface area contributed by atoms with Gasteiger partial charge in [0.25, 0.3) is 5.91 Å². The van der Waals surface area contributed by atoms with Gasteiger partial charge in [0.1, 0.15) is 21.7 Å². The van der Waals surface area contributed by atoms with Crippen LogP contribution in [0, 0.1) is 23.4 Å². The Labute approximate surface area is 244 Å². The first-order valence-electron chi connectivity index (χ1n) is 10.9. The Morgan fingerprint density at radius 2 is 1.49 bits per heavy atom. The molecule has 0 bridgehead atoms. The predicted octanol–water partition coefficient (Wildman–Crippen LogP) is 7.80. The fourth-order valence-corrected chi connectivity index (χ4v) is 5.56. The summed E-state index contributed by atoms with van der Waals surface area (Å²) in [5, 5.41) is 6.55. The third-order valence-corrected chi connectivity index (χ3v) is 7.52. The van der Waals surface area contributed by atoms with Crippen LogP contribution < -0.4 is 16.0 Å². The van der Waals surface area contributed by atoms with Gasteiger partial charge >= 0.3 is 0 Å². The van der Waals surface area contributed by atoms with Crippen LogP contribution in [0.25, 0.3) is 0 Å². The van der Waals surface area contributed by atoms with Crippen molar-refractivity contribution in [1.82, 2.24) is 0 Å². The molecule has 0 radical (unpaired) electrons. The summed E-state index contributed by atoms with van der Waals surface area (Å²) in [7, 11) is 0. The summed E-state index contributed by atoms with van der Waals surface area (Å²) in [6.45, 7) is 1.04. The first kappa shape index (κ1) is 29.3. The molecular weight excluding hydrogens is 625 g/mol. The molecule has 14 heteroatoms. The second-order valence-electron chi connectivity index (χ2n) is 8.56. The van der Waals surface area contributed by atoms with Crippen molar-refractivity contribution in [1.29, 1.82) is 0 Å². The minimum atomic E-state index is -1.52. The molecule has 1 saturated carbocycles. The standard InChI is InChI=1S/C25H15Cl5F3N3O3/c1-9(37)34-22-15(31)2-3-17(21(22)33)36-23(38)14-7-13(8-16(32)20(14)28)35-24(39)19-18(25(19,29)30)10-4-11(26)6-12(27)5-10/h2-8,18-19H,1H3,(H,34,37)(H,35,39)(H,36,38)/t18-,19+/m0/s1. The summed E-state index contributed by atoms with van der Waals surface area (Å²) in [5.74, 6) is -7.63. The van der Waals surface area contributed by atoms with E-state index < -0.39 is 73.3 Å². The highest BCUT2D eigenvalue weighted by atomic mass is 35.5. The molecule has 3 aromatic carbocycles. The Hall–Kier alpha value is -2.69. The fourth-order valence-electron chi connectivity index (χ4n) is 4.00. The van der Waals surface area contributed by atoms with Gasteiger partial charge in [0.2, 0.25) is 11.8 Å². The monoisotopic (exact) mass is 637 g/mol. The van der Waals surface area contributed by atoms with Crippen LogP contribution in [0.3, 0.4) is 0 Å². The van der Waals surface area contributed by atoms with Gasteiger partial charge in [0, 0.05) is 28.6 Å². The summed E-state index contributed by atoms with van der Waals surface area (Å²) >= 11 is 30.7. The highest BCUT2D eigenvalue weighted by Crippen LogP contribution is 2.65. The van der Waals surface area contributed by atoms with Crippen molar-refractivity contribution in [2.75, 3.05) is 16.0 Å². The number of halogens is 8. The normalized spacial score (nSPS) is 17.4. The molecule has 0 unspecified atom stereocenters. The number of carbonyl (C=O) groups is 3. The van der Waals surface area contributed by atoms with E-state index in [9.17, 15) is 27.6 Å². The van der Waals surface area contributed by atoms with Crippen molar-refractivity contribution in [3.05, 3.63) is 86.1 Å². The van der Waals surface area contributed by atoms with Gasteiger partial charge < -0.3 is 16.0 Å². The molecule has 3 N–H and O–H groups in total. The van der Waals surface area contributed by atoms with Crippen molar-refractivity contribution in [3.63, 3.8) is 0 Å². The molecule has 0 aromatic heterocycles. The number of rotatable bonds is 6. The Morgan fingerprint density at radius 3 is 2.10 bits per heavy atom. The zero-order chi connectivity index (χ0) is 28.8. The maximum Gasteiger partial charge on any atom is 0.257 e. The smallest absolute Gasteiger partial charge is 0.257 e. The van der Waals surface area contributed by atoms with Crippen molar-refractivity contribution in [2.24, 2.45) is 5.92 Å². The SMILES string of the molecule is CC(=O)Nc1c(F)ccc(NC(=O)c2cc(NC(=O)[C@H]3[C@H](c4cc(Cl)cc(Cl)c4)C3(Cl)Cl)cc(F)c2Cl)c1F. The van der Waals surface area contributed by atoms with Gasteiger partial charge in [0.15, 0.2) is 5.82 Å². The Morgan fingerprint density at radius 1 is 0.846 bits per heavy atom. The lowest BCUT2D eigenvalue weighted by molar-refractivity contribution is -0.117. The summed E-state index contributed by atoms with van der Waals surface area (Å²) < 4.78 is 41.7. The van der Waals surface area contributed by atoms with Crippen LogP contribution in [-0.4, -0.2) is 22.1 Å². The van der Waals surface area contributed by atoms with E-state index in [4.69, 9.17) is 58.0 Å². The lowest BCUT2D eigenvalue weighted by Gasteiger charge is -2.13. The molecule has 39 heavy (non-hydrogen) atoms. The van der Waals surface area contributed by atoms with Crippen LogP contribution in [0.1, 0.15) is 28.8 Å².